The minimum absolute atomic E-state index is 0.0151. The van der Waals surface area contributed by atoms with Gasteiger partial charge in [0, 0.05) is 16.8 Å². The lowest BCUT2D eigenvalue weighted by Crippen LogP contribution is -3.27. The number of rotatable bonds is 7. The van der Waals surface area contributed by atoms with Gasteiger partial charge < -0.3 is 14.8 Å². The highest BCUT2D eigenvalue weighted by molar-refractivity contribution is 6.03. The Morgan fingerprint density at radius 3 is 2.10 bits per heavy atom. The number of piperazine rings is 1. The van der Waals surface area contributed by atoms with Gasteiger partial charge in [0.05, 0.1) is 5.69 Å². The molecule has 3 rings (SSSR count). The molecule has 1 aromatic heterocycles. The number of Topliss-reactive ketones (excluding diaryl/α,β-unsaturated/α-hetero) is 2. The monoisotopic (exact) mass is 397 g/mol. The lowest BCUT2D eigenvalue weighted by atomic mass is 10.0. The van der Waals surface area contributed by atoms with Crippen molar-refractivity contribution >= 4 is 11.6 Å². The Balaban J connectivity index is 1.53. The first-order chi connectivity index (χ1) is 13.8. The van der Waals surface area contributed by atoms with Crippen LogP contribution in [0.1, 0.15) is 69.9 Å². The van der Waals surface area contributed by atoms with E-state index in [9.17, 15) is 9.59 Å². The lowest BCUT2D eigenvalue weighted by Gasteiger charge is -2.29. The fraction of sp³-hybridized carbons (Fsp3) is 0.500. The minimum atomic E-state index is 0.0151. The quantitative estimate of drug-likeness (QED) is 0.614. The van der Waals surface area contributed by atoms with E-state index in [4.69, 9.17) is 0 Å². The summed E-state index contributed by atoms with van der Waals surface area (Å²) in [7, 11) is 0. The van der Waals surface area contributed by atoms with Gasteiger partial charge in [-0.05, 0) is 37.8 Å². The van der Waals surface area contributed by atoms with E-state index in [1.54, 1.807) is 11.8 Å². The highest BCUT2D eigenvalue weighted by Crippen LogP contribution is 2.18. The summed E-state index contributed by atoms with van der Waals surface area (Å²) in [6.07, 6.45) is 0. The van der Waals surface area contributed by atoms with Crippen LogP contribution in [-0.2, 0) is 6.54 Å². The van der Waals surface area contributed by atoms with Crippen LogP contribution < -0.4 is 9.80 Å². The van der Waals surface area contributed by atoms with Crippen molar-refractivity contribution in [1.29, 1.82) is 0 Å². The number of aromatic nitrogens is 1. The van der Waals surface area contributed by atoms with Crippen molar-refractivity contribution in [3.05, 3.63) is 57.9 Å². The first-order valence-electron chi connectivity index (χ1n) is 10.8. The molecule has 2 heterocycles. The van der Waals surface area contributed by atoms with E-state index in [-0.39, 0.29) is 11.6 Å². The molecule has 0 radical (unpaired) electrons. The topological polar surface area (TPSA) is 58.8 Å². The van der Waals surface area contributed by atoms with Crippen LogP contribution in [-0.4, -0.2) is 49.3 Å². The first-order valence-corrected chi connectivity index (χ1v) is 10.8. The molecule has 0 amide bonds. The minimum Gasteiger partial charge on any atom is -0.355 e. The molecule has 5 heteroatoms. The Kier molecular flexibility index (Phi) is 6.70. The third-order valence-electron chi connectivity index (χ3n) is 6.24. The molecule has 1 aliphatic rings. The molecule has 29 heavy (non-hydrogen) atoms. The summed E-state index contributed by atoms with van der Waals surface area (Å²) in [6, 6.07) is 9.01. The van der Waals surface area contributed by atoms with Crippen LogP contribution >= 0.6 is 0 Å². The second-order valence-electron chi connectivity index (χ2n) is 8.85. The molecule has 0 bridgehead atoms. The fourth-order valence-corrected chi connectivity index (χ4v) is 4.49. The van der Waals surface area contributed by atoms with Crippen molar-refractivity contribution in [1.82, 2.24) is 4.98 Å². The van der Waals surface area contributed by atoms with Gasteiger partial charge in [-0.25, -0.2) is 0 Å². The molecule has 1 aliphatic heterocycles. The van der Waals surface area contributed by atoms with Gasteiger partial charge in [0.15, 0.2) is 5.78 Å². The molecule has 0 unspecified atom stereocenters. The average molecular weight is 398 g/mol. The molecule has 0 saturated carbocycles. The van der Waals surface area contributed by atoms with Crippen molar-refractivity contribution in [3.63, 3.8) is 0 Å². The van der Waals surface area contributed by atoms with E-state index >= 15 is 0 Å². The van der Waals surface area contributed by atoms with E-state index in [0.29, 0.717) is 23.7 Å². The average Bonchev–Trinajstić information content (AvgIpc) is 2.98. The number of nitrogens with one attached hydrogen (secondary N) is 3. The van der Waals surface area contributed by atoms with E-state index in [1.807, 2.05) is 13.8 Å². The van der Waals surface area contributed by atoms with Crippen LogP contribution in [0.25, 0.3) is 0 Å². The molecule has 3 N–H and O–H groups in total. The third-order valence-corrected chi connectivity index (χ3v) is 6.24. The third kappa shape index (κ3) is 5.03. The van der Waals surface area contributed by atoms with Gasteiger partial charge in [0.1, 0.15) is 39.3 Å². The Labute approximate surface area is 174 Å². The maximum Gasteiger partial charge on any atom is 0.233 e. The van der Waals surface area contributed by atoms with E-state index in [2.05, 4.69) is 43.1 Å². The van der Waals surface area contributed by atoms with Crippen molar-refractivity contribution in [2.45, 2.75) is 47.1 Å². The van der Waals surface area contributed by atoms with Crippen LogP contribution in [0.2, 0.25) is 0 Å². The zero-order valence-corrected chi connectivity index (χ0v) is 18.4. The molecule has 1 saturated heterocycles. The Morgan fingerprint density at radius 1 is 1.00 bits per heavy atom. The van der Waals surface area contributed by atoms with Crippen LogP contribution in [0.4, 0.5) is 0 Å². The van der Waals surface area contributed by atoms with Crippen LogP contribution in [0, 0.1) is 13.8 Å². The number of hydrogen-bond acceptors (Lipinski definition) is 2. The molecule has 1 fully saturated rings. The summed E-state index contributed by atoms with van der Waals surface area (Å²) in [5.41, 5.74) is 5.65. The predicted octanol–water partition coefficient (Wildman–Crippen LogP) is 1.12. The second-order valence-corrected chi connectivity index (χ2v) is 8.85. The largest absolute Gasteiger partial charge is 0.355 e. The number of aryl methyl sites for hydroxylation is 1. The number of aromatic amines is 1. The Morgan fingerprint density at radius 2 is 1.59 bits per heavy atom. The summed E-state index contributed by atoms with van der Waals surface area (Å²) in [4.78, 5) is 30.7. The van der Waals surface area contributed by atoms with Gasteiger partial charge >= 0.3 is 0 Å². The number of quaternary nitrogens is 2. The summed E-state index contributed by atoms with van der Waals surface area (Å²) in [5.74, 6) is 0.696. The molecule has 0 spiro atoms. The van der Waals surface area contributed by atoms with Gasteiger partial charge in [-0.3, -0.25) is 9.59 Å². The zero-order chi connectivity index (χ0) is 21.1. The lowest BCUT2D eigenvalue weighted by molar-refractivity contribution is -1.01. The van der Waals surface area contributed by atoms with Crippen LogP contribution in [0.15, 0.2) is 24.3 Å². The number of H-pyrrole nitrogens is 1. The molecule has 156 valence electrons. The van der Waals surface area contributed by atoms with Crippen molar-refractivity contribution in [3.8, 4) is 0 Å². The first kappa shape index (κ1) is 21.5. The standard InChI is InChI=1S/C24H33N3O2/c1-16(2)21-8-6-20(7-9-21)14-26-10-12-27(13-11-26)15-22(29)24-17(3)23(19(5)28)18(4)25-24/h6-9,16,25H,10-15H2,1-5H3/p+2. The molecular weight excluding hydrogens is 362 g/mol. The summed E-state index contributed by atoms with van der Waals surface area (Å²) < 4.78 is 0. The maximum absolute atomic E-state index is 12.8. The summed E-state index contributed by atoms with van der Waals surface area (Å²) in [6.45, 7) is 15.4. The SMILES string of the molecule is CC(=O)c1c(C)[nH]c(C(=O)C[NH+]2CC[NH+](Cc3ccc(C(C)C)cc3)CC2)c1C. The molecule has 1 aromatic carbocycles. The van der Waals surface area contributed by atoms with Crippen LogP contribution in [0.5, 0.6) is 0 Å². The van der Waals surface area contributed by atoms with Crippen LogP contribution in [0.3, 0.4) is 0 Å². The highest BCUT2D eigenvalue weighted by Gasteiger charge is 2.27. The highest BCUT2D eigenvalue weighted by atomic mass is 16.1. The van der Waals surface area contributed by atoms with Crippen molar-refractivity contribution in [2.75, 3.05) is 32.7 Å². The molecule has 2 aromatic rings. The summed E-state index contributed by atoms with van der Waals surface area (Å²) >= 11 is 0. The second kappa shape index (κ2) is 9.06. The molecule has 0 atom stereocenters. The molecule has 5 nitrogen and oxygen atoms in total. The fourth-order valence-electron chi connectivity index (χ4n) is 4.49. The van der Waals surface area contributed by atoms with Gasteiger partial charge in [0.2, 0.25) is 5.78 Å². The number of hydrogen-bond donors (Lipinski definition) is 3. The molecule has 0 aliphatic carbocycles. The van der Waals surface area contributed by atoms with Gasteiger partial charge in [-0.15, -0.1) is 0 Å². The van der Waals surface area contributed by atoms with E-state index < -0.39 is 0 Å². The Hall–Kier alpha value is -2.24. The normalized spacial score (nSPS) is 19.5. The maximum atomic E-state index is 12.8. The van der Waals surface area contributed by atoms with Crippen molar-refractivity contribution in [2.24, 2.45) is 0 Å². The van der Waals surface area contributed by atoms with Gasteiger partial charge in [-0.1, -0.05) is 38.1 Å². The smallest absolute Gasteiger partial charge is 0.233 e. The zero-order valence-electron chi connectivity index (χ0n) is 18.4. The van der Waals surface area contributed by atoms with E-state index in [1.165, 1.54) is 16.0 Å². The number of carbonyl (C=O) groups excluding carboxylic acids is 2. The molecular formula is C24H35N3O2+2. The number of benzene rings is 1. The Bertz CT molecular complexity index is 872. The number of ketones is 2. The van der Waals surface area contributed by atoms with Gasteiger partial charge in [0.25, 0.3) is 0 Å². The van der Waals surface area contributed by atoms with Gasteiger partial charge in [-0.2, -0.15) is 0 Å². The number of carbonyl (C=O) groups is 2. The predicted molar refractivity (Wildman–Crippen MR) is 115 cm³/mol. The summed E-state index contributed by atoms with van der Waals surface area (Å²) in [5, 5.41) is 0. The van der Waals surface area contributed by atoms with Crippen molar-refractivity contribution < 1.29 is 19.4 Å². The van der Waals surface area contributed by atoms with E-state index in [0.717, 1.165) is 44.0 Å².